The van der Waals surface area contributed by atoms with E-state index in [1.165, 1.54) is 28.6 Å². The Morgan fingerprint density at radius 3 is 2.59 bits per heavy atom. The number of carbonyl (C=O) groups excluding carboxylic acids is 1. The third-order valence-electron chi connectivity index (χ3n) is 6.48. The van der Waals surface area contributed by atoms with E-state index in [2.05, 4.69) is 22.6 Å². The van der Waals surface area contributed by atoms with Crippen molar-refractivity contribution in [3.05, 3.63) is 73.9 Å². The van der Waals surface area contributed by atoms with Gasteiger partial charge in [0, 0.05) is 52.8 Å². The third kappa shape index (κ3) is 4.58. The van der Waals surface area contributed by atoms with Crippen molar-refractivity contribution in [2.75, 3.05) is 13.1 Å². The molecule has 1 fully saturated rings. The van der Waals surface area contributed by atoms with Gasteiger partial charge < -0.3 is 0 Å². The van der Waals surface area contributed by atoms with Crippen molar-refractivity contribution in [1.82, 2.24) is 4.31 Å². The number of non-ortho nitro benzene ring substituents is 1. The molecule has 0 amide bonds. The minimum absolute atomic E-state index is 0.00339. The van der Waals surface area contributed by atoms with E-state index in [9.17, 15) is 23.3 Å². The molecule has 0 unspecified atom stereocenters. The van der Waals surface area contributed by atoms with Gasteiger partial charge in [-0.25, -0.2) is 8.42 Å². The minimum atomic E-state index is -3.93. The highest BCUT2D eigenvalue weighted by atomic mass is 127. The summed E-state index contributed by atoms with van der Waals surface area (Å²) in [5.74, 6) is 0.156. The topological polar surface area (TPSA) is 110 Å². The molecule has 0 N–H and O–H groups in total. The smallest absolute Gasteiger partial charge is 0.269 e. The molecule has 1 aliphatic heterocycles. The fraction of sp³-hybridized carbons (Fsp3) is 0.333. The zero-order valence-electron chi connectivity index (χ0n) is 18.6. The van der Waals surface area contributed by atoms with E-state index in [0.29, 0.717) is 25.7 Å². The molecule has 4 rings (SSSR count). The predicted molar refractivity (Wildman–Crippen MR) is 138 cm³/mol. The number of hydrogen-bond acceptors (Lipinski definition) is 6. The molecule has 1 saturated carbocycles. The van der Waals surface area contributed by atoms with Gasteiger partial charge >= 0.3 is 0 Å². The lowest BCUT2D eigenvalue weighted by Crippen LogP contribution is -2.44. The Hall–Kier alpha value is -2.44. The highest BCUT2D eigenvalue weighted by Gasteiger charge is 2.47. The van der Waals surface area contributed by atoms with Crippen LogP contribution in [0, 0.1) is 10.1 Å². The van der Waals surface area contributed by atoms with Gasteiger partial charge in [0.15, 0.2) is 0 Å². The van der Waals surface area contributed by atoms with E-state index in [1.54, 1.807) is 0 Å². The number of carbonyl (C=O) groups is 1. The highest BCUT2D eigenvalue weighted by Crippen LogP contribution is 2.48. The Labute approximate surface area is 212 Å². The van der Waals surface area contributed by atoms with Gasteiger partial charge in [-0.1, -0.05) is 24.3 Å². The lowest BCUT2D eigenvalue weighted by Gasteiger charge is -2.36. The Kier molecular flexibility index (Phi) is 7.02. The molecule has 0 spiro atoms. The Balaban J connectivity index is 1.68. The molecule has 2 aromatic rings. The first-order valence-corrected chi connectivity index (χ1v) is 13.4. The maximum atomic E-state index is 13.6. The molecule has 0 saturated heterocycles. The van der Waals surface area contributed by atoms with E-state index < -0.39 is 20.4 Å². The summed E-state index contributed by atoms with van der Waals surface area (Å²) in [4.78, 5) is 27.8. The van der Waals surface area contributed by atoms with E-state index in [1.807, 2.05) is 37.3 Å². The monoisotopic (exact) mass is 593 g/mol. The molecule has 178 valence electrons. The van der Waals surface area contributed by atoms with Crippen molar-refractivity contribution >= 4 is 55.5 Å². The van der Waals surface area contributed by atoms with Crippen molar-refractivity contribution < 1.29 is 18.1 Å². The molecule has 1 heterocycles. The Morgan fingerprint density at radius 1 is 1.21 bits per heavy atom. The Bertz CT molecular complexity index is 1300. The number of allylic oxidation sites excluding steroid dienone is 1. The summed E-state index contributed by atoms with van der Waals surface area (Å²) < 4.78 is 29.4. The lowest BCUT2D eigenvalue weighted by atomic mass is 9.67. The van der Waals surface area contributed by atoms with Gasteiger partial charge in [0.2, 0.25) is 10.0 Å². The van der Waals surface area contributed by atoms with Crippen molar-refractivity contribution in [3.63, 3.8) is 0 Å². The van der Waals surface area contributed by atoms with Crippen molar-refractivity contribution in [2.45, 2.75) is 42.9 Å². The lowest BCUT2D eigenvalue weighted by molar-refractivity contribution is -0.384. The molecule has 0 bridgehead atoms. The molecular formula is C24H24IN3O5S. The highest BCUT2D eigenvalue weighted by molar-refractivity contribution is 14.1. The number of aliphatic imine (C=N–C) groups is 1. The number of ketones is 1. The molecule has 2 aromatic carbocycles. The SMILES string of the molecule is C/C=C(\I)CN(CC[C@]12CC(=O)CCC1=Nc1ccccc12)S(=O)(=O)c1ccc([N+](=O)[O-])cc1. The largest absolute Gasteiger partial charge is 0.300 e. The van der Waals surface area contributed by atoms with Gasteiger partial charge in [-0.05, 0) is 66.1 Å². The van der Waals surface area contributed by atoms with Crippen molar-refractivity contribution in [3.8, 4) is 0 Å². The summed E-state index contributed by atoms with van der Waals surface area (Å²) in [5.41, 5.74) is 2.00. The van der Waals surface area contributed by atoms with E-state index in [4.69, 9.17) is 4.99 Å². The standard InChI is InChI=1S/C24H24IN3O5S/c1-2-17(25)16-27(34(32,33)20-10-7-18(8-11-20)28(30)31)14-13-24-15-19(29)9-12-23(24)26-22-6-4-3-5-21(22)24/h2-8,10-11H,9,12-16H2,1H3/b17-2-/t24-/m1/s1. The predicted octanol–water partition coefficient (Wildman–Crippen LogP) is 5.09. The molecule has 34 heavy (non-hydrogen) atoms. The van der Waals surface area contributed by atoms with Crippen LogP contribution in [0.5, 0.6) is 0 Å². The number of sulfonamides is 1. The summed E-state index contributed by atoms with van der Waals surface area (Å²) in [5, 5.41) is 11.0. The number of rotatable bonds is 8. The maximum absolute atomic E-state index is 13.6. The molecular weight excluding hydrogens is 569 g/mol. The minimum Gasteiger partial charge on any atom is -0.300 e. The first-order chi connectivity index (χ1) is 16.2. The number of benzene rings is 2. The molecule has 2 aliphatic rings. The summed E-state index contributed by atoms with van der Waals surface area (Å²) in [6.45, 7) is 2.20. The maximum Gasteiger partial charge on any atom is 0.269 e. The zero-order valence-corrected chi connectivity index (χ0v) is 21.6. The number of hydrogen-bond donors (Lipinski definition) is 0. The number of nitrogens with zero attached hydrogens (tertiary/aromatic N) is 3. The number of halogens is 1. The van der Waals surface area contributed by atoms with E-state index in [0.717, 1.165) is 20.5 Å². The second-order valence-corrected chi connectivity index (χ2v) is 11.8. The van der Waals surface area contributed by atoms with Crippen LogP contribution in [0.1, 0.15) is 38.2 Å². The third-order valence-corrected chi connectivity index (χ3v) is 9.30. The molecule has 0 aromatic heterocycles. The number of Topliss-reactive ketones (excluding diaryl/α,β-unsaturated/α-hetero) is 1. The van der Waals surface area contributed by atoms with E-state index >= 15 is 0 Å². The zero-order chi connectivity index (χ0) is 24.5. The molecule has 1 aliphatic carbocycles. The van der Waals surface area contributed by atoms with Gasteiger partial charge in [0.1, 0.15) is 5.78 Å². The Morgan fingerprint density at radius 2 is 1.91 bits per heavy atom. The van der Waals surface area contributed by atoms with Gasteiger partial charge in [-0.2, -0.15) is 4.31 Å². The van der Waals surface area contributed by atoms with Gasteiger partial charge in [-0.15, -0.1) is 0 Å². The average molecular weight is 593 g/mol. The molecule has 1 atom stereocenters. The van der Waals surface area contributed by atoms with Crippen LogP contribution in [0.2, 0.25) is 0 Å². The molecule has 0 radical (unpaired) electrons. The van der Waals surface area contributed by atoms with Crippen LogP contribution in [-0.2, 0) is 20.2 Å². The molecule has 10 heteroatoms. The van der Waals surface area contributed by atoms with Crippen LogP contribution in [0.4, 0.5) is 11.4 Å². The van der Waals surface area contributed by atoms with Crippen molar-refractivity contribution in [1.29, 1.82) is 0 Å². The number of para-hydroxylation sites is 1. The average Bonchev–Trinajstić information content (AvgIpc) is 3.15. The van der Waals surface area contributed by atoms with E-state index in [-0.39, 0.29) is 29.5 Å². The van der Waals surface area contributed by atoms with Crippen LogP contribution in [0.25, 0.3) is 0 Å². The number of fused-ring (bicyclic) bond motifs is 3. The summed E-state index contributed by atoms with van der Waals surface area (Å²) in [7, 11) is -3.93. The van der Waals surface area contributed by atoms with Crippen LogP contribution in [-0.4, -0.2) is 42.2 Å². The fourth-order valence-electron chi connectivity index (χ4n) is 4.67. The second-order valence-electron chi connectivity index (χ2n) is 8.45. The van der Waals surface area contributed by atoms with Gasteiger partial charge in [-0.3, -0.25) is 19.9 Å². The first kappa shape index (κ1) is 24.7. The van der Waals surface area contributed by atoms with Crippen LogP contribution in [0.3, 0.4) is 0 Å². The van der Waals surface area contributed by atoms with Crippen LogP contribution >= 0.6 is 22.6 Å². The number of nitro groups is 1. The van der Waals surface area contributed by atoms with Crippen LogP contribution in [0.15, 0.2) is 68.1 Å². The first-order valence-electron chi connectivity index (χ1n) is 10.9. The molecule has 8 nitrogen and oxygen atoms in total. The van der Waals surface area contributed by atoms with Crippen molar-refractivity contribution in [2.24, 2.45) is 4.99 Å². The second kappa shape index (κ2) is 9.67. The van der Waals surface area contributed by atoms with Gasteiger partial charge in [0.25, 0.3) is 5.69 Å². The number of nitro benzene ring substituents is 1. The summed E-state index contributed by atoms with van der Waals surface area (Å²) >= 11 is 2.11. The summed E-state index contributed by atoms with van der Waals surface area (Å²) in [6.07, 6.45) is 3.62. The quantitative estimate of drug-likeness (QED) is 0.241. The van der Waals surface area contributed by atoms with Crippen LogP contribution < -0.4 is 0 Å². The fourth-order valence-corrected chi connectivity index (χ4v) is 6.74. The summed E-state index contributed by atoms with van der Waals surface area (Å²) in [6, 6.07) is 12.7. The normalized spacial score (nSPS) is 20.1. The van der Waals surface area contributed by atoms with Gasteiger partial charge in [0.05, 0.1) is 15.5 Å².